The van der Waals surface area contributed by atoms with Crippen LogP contribution in [-0.4, -0.2) is 0 Å². The smallest absolute Gasteiger partial charge is 0.0126 e. The summed E-state index contributed by atoms with van der Waals surface area (Å²) in [4.78, 5) is 0. The first-order chi connectivity index (χ1) is 3.47. The first-order valence-corrected chi connectivity index (χ1v) is 2.58. The SMILES string of the molecule is C1=CC2C=CC2C=1. The molecule has 2 atom stereocenters. The third-order valence-electron chi connectivity index (χ3n) is 1.58. The highest BCUT2D eigenvalue weighted by molar-refractivity contribution is 5.26. The molecule has 2 unspecified atom stereocenters. The monoisotopic (exact) mass is 90.0 g/mol. The van der Waals surface area contributed by atoms with E-state index < -0.39 is 0 Å². The molecule has 0 aromatic carbocycles. The third kappa shape index (κ3) is 0.275. The van der Waals surface area contributed by atoms with Crippen molar-refractivity contribution >= 4 is 0 Å². The molecule has 0 heterocycles. The van der Waals surface area contributed by atoms with E-state index in [1.54, 1.807) is 0 Å². The lowest BCUT2D eigenvalue weighted by atomic mass is 9.86. The highest BCUT2D eigenvalue weighted by atomic mass is 14.2. The third-order valence-corrected chi connectivity index (χ3v) is 1.58. The van der Waals surface area contributed by atoms with Crippen LogP contribution in [0.4, 0.5) is 0 Å². The minimum atomic E-state index is 0.722. The first kappa shape index (κ1) is 3.29. The molecule has 7 heavy (non-hydrogen) atoms. The van der Waals surface area contributed by atoms with Crippen molar-refractivity contribution in [3.05, 3.63) is 30.0 Å². The van der Waals surface area contributed by atoms with Crippen molar-refractivity contribution in [1.82, 2.24) is 0 Å². The Kier molecular flexibility index (Phi) is 0.426. The van der Waals surface area contributed by atoms with E-state index in [2.05, 4.69) is 30.0 Å². The maximum atomic E-state index is 3.07. The maximum Gasteiger partial charge on any atom is 0.0126 e. The van der Waals surface area contributed by atoms with Gasteiger partial charge in [-0.05, 0) is 12.2 Å². The number of rotatable bonds is 0. The van der Waals surface area contributed by atoms with Gasteiger partial charge in [-0.3, -0.25) is 0 Å². The Morgan fingerprint density at radius 3 is 1.86 bits per heavy atom. The molecular weight excluding hydrogens is 84.1 g/mol. The van der Waals surface area contributed by atoms with Crippen molar-refractivity contribution in [2.75, 3.05) is 0 Å². The molecule has 0 bridgehead atoms. The van der Waals surface area contributed by atoms with Crippen LogP contribution in [0, 0.1) is 11.8 Å². The summed E-state index contributed by atoms with van der Waals surface area (Å²) in [6.45, 7) is 0. The van der Waals surface area contributed by atoms with E-state index in [9.17, 15) is 0 Å². The minimum Gasteiger partial charge on any atom is -0.128 e. The lowest BCUT2D eigenvalue weighted by Gasteiger charge is -2.17. The van der Waals surface area contributed by atoms with Gasteiger partial charge in [0.25, 0.3) is 0 Å². The van der Waals surface area contributed by atoms with Gasteiger partial charge in [0.15, 0.2) is 0 Å². The van der Waals surface area contributed by atoms with Gasteiger partial charge in [-0.15, -0.1) is 5.73 Å². The summed E-state index contributed by atoms with van der Waals surface area (Å²) < 4.78 is 0. The molecule has 0 nitrogen and oxygen atoms in total. The van der Waals surface area contributed by atoms with Crippen molar-refractivity contribution < 1.29 is 0 Å². The first-order valence-electron chi connectivity index (χ1n) is 2.58. The van der Waals surface area contributed by atoms with E-state index in [1.807, 2.05) is 0 Å². The van der Waals surface area contributed by atoms with Crippen LogP contribution in [0.3, 0.4) is 0 Å². The normalized spacial score (nSPS) is 41.1. The van der Waals surface area contributed by atoms with Crippen molar-refractivity contribution in [3.8, 4) is 0 Å². The zero-order valence-electron chi connectivity index (χ0n) is 3.96. The van der Waals surface area contributed by atoms with Crippen molar-refractivity contribution in [3.63, 3.8) is 0 Å². The van der Waals surface area contributed by atoms with Gasteiger partial charge in [0.05, 0.1) is 0 Å². The molecule has 0 amide bonds. The summed E-state index contributed by atoms with van der Waals surface area (Å²) in [5.74, 6) is 1.44. The Labute approximate surface area is 42.8 Å². The van der Waals surface area contributed by atoms with Gasteiger partial charge in [-0.25, -0.2) is 0 Å². The highest BCUT2D eigenvalue weighted by Gasteiger charge is 2.20. The van der Waals surface area contributed by atoms with Crippen LogP contribution < -0.4 is 0 Å². The molecule has 0 aliphatic heterocycles. The Morgan fingerprint density at radius 1 is 1.00 bits per heavy atom. The van der Waals surface area contributed by atoms with Gasteiger partial charge in [0.1, 0.15) is 0 Å². The molecule has 0 N–H and O–H groups in total. The average molecular weight is 90.1 g/mol. The Bertz CT molecular complexity index is 152. The number of allylic oxidation sites excluding steroid dienone is 3. The van der Waals surface area contributed by atoms with E-state index in [-0.39, 0.29) is 0 Å². The van der Waals surface area contributed by atoms with Gasteiger partial charge < -0.3 is 0 Å². The molecule has 0 radical (unpaired) electrons. The molecular formula is C7H6. The van der Waals surface area contributed by atoms with E-state index in [1.165, 1.54) is 0 Å². The van der Waals surface area contributed by atoms with Crippen molar-refractivity contribution in [1.29, 1.82) is 0 Å². The van der Waals surface area contributed by atoms with E-state index in [0.29, 0.717) is 0 Å². The summed E-state index contributed by atoms with van der Waals surface area (Å²) >= 11 is 0. The highest BCUT2D eigenvalue weighted by Crippen LogP contribution is 2.30. The van der Waals surface area contributed by atoms with Crippen LogP contribution in [0.25, 0.3) is 0 Å². The Morgan fingerprint density at radius 2 is 1.57 bits per heavy atom. The fourth-order valence-electron chi connectivity index (χ4n) is 0.979. The standard InChI is InChI=1S/C7H6/c1-2-6-4-5-7(6)3-1/h2-7H. The molecule has 0 aromatic heterocycles. The van der Waals surface area contributed by atoms with Crippen molar-refractivity contribution in [2.24, 2.45) is 11.8 Å². The second kappa shape index (κ2) is 0.907. The second-order valence-corrected chi connectivity index (χ2v) is 2.04. The lowest BCUT2D eigenvalue weighted by Crippen LogP contribution is -2.09. The van der Waals surface area contributed by atoms with Gasteiger partial charge in [-0.1, -0.05) is 12.2 Å². The Hall–Kier alpha value is -0.740. The lowest BCUT2D eigenvalue weighted by molar-refractivity contribution is 0.629. The minimum absolute atomic E-state index is 0.722. The molecule has 0 aromatic rings. The van der Waals surface area contributed by atoms with Gasteiger partial charge in [-0.2, -0.15) is 0 Å². The quantitative estimate of drug-likeness (QED) is 0.312. The Balaban J connectivity index is 2.42. The van der Waals surface area contributed by atoms with Gasteiger partial charge in [0, 0.05) is 11.8 Å². The second-order valence-electron chi connectivity index (χ2n) is 2.04. The molecule has 2 aliphatic rings. The van der Waals surface area contributed by atoms with Crippen LogP contribution in [0.1, 0.15) is 0 Å². The summed E-state index contributed by atoms with van der Waals surface area (Å²) in [6, 6.07) is 0. The predicted molar refractivity (Wildman–Crippen MR) is 28.8 cm³/mol. The molecule has 34 valence electrons. The zero-order valence-corrected chi connectivity index (χ0v) is 3.96. The molecule has 0 fully saturated rings. The zero-order chi connectivity index (χ0) is 4.69. The molecule has 2 aliphatic carbocycles. The summed E-state index contributed by atoms with van der Waals surface area (Å²) in [5, 5.41) is 0. The number of hydrogen-bond donors (Lipinski definition) is 0. The fourth-order valence-corrected chi connectivity index (χ4v) is 0.979. The van der Waals surface area contributed by atoms with Crippen LogP contribution in [0.5, 0.6) is 0 Å². The van der Waals surface area contributed by atoms with Crippen LogP contribution >= 0.6 is 0 Å². The molecule has 2 rings (SSSR count). The van der Waals surface area contributed by atoms with Crippen LogP contribution in [-0.2, 0) is 0 Å². The fraction of sp³-hybridized carbons (Fsp3) is 0.286. The summed E-state index contributed by atoms with van der Waals surface area (Å²) in [6.07, 6.45) is 8.65. The van der Waals surface area contributed by atoms with Crippen LogP contribution in [0.15, 0.2) is 30.0 Å². The van der Waals surface area contributed by atoms with E-state index in [4.69, 9.17) is 0 Å². The predicted octanol–water partition coefficient (Wildman–Crippen LogP) is 1.51. The molecule has 0 spiro atoms. The summed E-state index contributed by atoms with van der Waals surface area (Å²) in [5.41, 5.74) is 3.07. The van der Waals surface area contributed by atoms with E-state index >= 15 is 0 Å². The van der Waals surface area contributed by atoms with Gasteiger partial charge in [0.2, 0.25) is 0 Å². The average Bonchev–Trinajstić information content (AvgIpc) is 1.85. The van der Waals surface area contributed by atoms with Crippen molar-refractivity contribution in [2.45, 2.75) is 0 Å². The van der Waals surface area contributed by atoms with E-state index in [0.717, 1.165) is 11.8 Å². The largest absolute Gasteiger partial charge is 0.128 e. The molecule has 0 saturated heterocycles. The maximum absolute atomic E-state index is 3.07. The summed E-state index contributed by atoms with van der Waals surface area (Å²) in [7, 11) is 0. The molecule has 0 heteroatoms. The topological polar surface area (TPSA) is 0 Å². The molecule has 0 saturated carbocycles. The van der Waals surface area contributed by atoms with Crippen LogP contribution in [0.2, 0.25) is 0 Å². The number of fused-ring (bicyclic) bond motifs is 1. The van der Waals surface area contributed by atoms with Gasteiger partial charge >= 0.3 is 0 Å². The number of hydrogen-bond acceptors (Lipinski definition) is 0.